The van der Waals surface area contributed by atoms with Gasteiger partial charge in [-0.2, -0.15) is 26.3 Å². The lowest BCUT2D eigenvalue weighted by molar-refractivity contribution is -0.193. The Bertz CT molecular complexity index is 943. The monoisotopic (exact) mass is 528 g/mol. The molecule has 0 atom stereocenters. The molecular weight excluding hydrogens is 506 g/mol. The summed E-state index contributed by atoms with van der Waals surface area (Å²) in [5, 5.41) is 17.5. The minimum atomic E-state index is -5.08. The molecule has 8 nitrogen and oxygen atoms in total. The smallest absolute Gasteiger partial charge is 0.475 e. The predicted molar refractivity (Wildman–Crippen MR) is 113 cm³/mol. The number of alkyl halides is 6. The maximum Gasteiger partial charge on any atom is 0.490 e. The van der Waals surface area contributed by atoms with Gasteiger partial charge in [0.2, 0.25) is 0 Å². The summed E-state index contributed by atoms with van der Waals surface area (Å²) in [4.78, 5) is 31.9. The Kier molecular flexibility index (Phi) is 9.82. The van der Waals surface area contributed by atoms with Crippen LogP contribution in [0, 0.1) is 5.92 Å². The van der Waals surface area contributed by atoms with Crippen LogP contribution < -0.4 is 4.90 Å². The minimum Gasteiger partial charge on any atom is -0.475 e. The maximum absolute atomic E-state index is 10.6. The summed E-state index contributed by atoms with van der Waals surface area (Å²) in [6.07, 6.45) is -3.56. The molecule has 0 radical (unpaired) electrons. The molecule has 194 valence electrons. The number of anilines is 1. The van der Waals surface area contributed by atoms with Gasteiger partial charge in [0.25, 0.3) is 0 Å². The second-order valence-electron chi connectivity index (χ2n) is 7.62. The highest BCUT2D eigenvalue weighted by Crippen LogP contribution is 2.33. The van der Waals surface area contributed by atoms with Crippen LogP contribution in [0.5, 0.6) is 0 Å². The van der Waals surface area contributed by atoms with E-state index in [2.05, 4.69) is 37.3 Å². The lowest BCUT2D eigenvalue weighted by atomic mass is 10.2. The number of carbonyl (C=O) groups is 2. The second kappa shape index (κ2) is 12.2. The highest BCUT2D eigenvalue weighted by Gasteiger charge is 2.38. The van der Waals surface area contributed by atoms with Gasteiger partial charge in [-0.1, -0.05) is 6.07 Å². The van der Waals surface area contributed by atoms with Crippen LogP contribution in [-0.4, -0.2) is 69.0 Å². The van der Waals surface area contributed by atoms with E-state index in [1.807, 2.05) is 12.4 Å². The molecule has 2 N–H and O–H groups in total. The number of hydrogen-bond donors (Lipinski definition) is 2. The summed E-state index contributed by atoms with van der Waals surface area (Å²) >= 11 is 1.74. The molecule has 0 bridgehead atoms. The van der Waals surface area contributed by atoms with Crippen molar-refractivity contribution < 1.29 is 46.1 Å². The zero-order chi connectivity index (χ0) is 26.2. The number of carboxylic acids is 2. The number of pyridine rings is 1. The van der Waals surface area contributed by atoms with Crippen molar-refractivity contribution in [3.63, 3.8) is 0 Å². The summed E-state index contributed by atoms with van der Waals surface area (Å²) < 4.78 is 63.5. The summed E-state index contributed by atoms with van der Waals surface area (Å²) in [6.45, 7) is 5.26. The van der Waals surface area contributed by atoms with Gasteiger partial charge in [0, 0.05) is 49.5 Å². The number of fused-ring (bicyclic) bond motifs is 1. The van der Waals surface area contributed by atoms with Crippen LogP contribution in [0.3, 0.4) is 0 Å². The first-order valence-corrected chi connectivity index (χ1v) is 11.0. The van der Waals surface area contributed by atoms with Crippen molar-refractivity contribution >= 4 is 29.1 Å². The first kappa shape index (κ1) is 28.3. The highest BCUT2D eigenvalue weighted by molar-refractivity contribution is 7.09. The molecule has 0 saturated heterocycles. The summed E-state index contributed by atoms with van der Waals surface area (Å²) in [7, 11) is 0. The first-order chi connectivity index (χ1) is 16.3. The Balaban J connectivity index is 0.000000257. The highest BCUT2D eigenvalue weighted by atomic mass is 32.1. The van der Waals surface area contributed by atoms with Crippen molar-refractivity contribution in [1.29, 1.82) is 0 Å². The van der Waals surface area contributed by atoms with E-state index in [-0.39, 0.29) is 0 Å². The third kappa shape index (κ3) is 10.1. The van der Waals surface area contributed by atoms with Gasteiger partial charge in [-0.25, -0.2) is 19.6 Å². The molecule has 1 aliphatic heterocycles. The molecule has 0 unspecified atom stereocenters. The topological polar surface area (TPSA) is 107 Å². The normalized spacial score (nSPS) is 16.1. The van der Waals surface area contributed by atoms with Crippen molar-refractivity contribution in [2.45, 2.75) is 38.3 Å². The fourth-order valence-corrected chi connectivity index (χ4v) is 3.63. The molecule has 4 rings (SSSR count). The number of aromatic nitrogens is 2. The molecule has 1 saturated carbocycles. The maximum atomic E-state index is 10.6. The van der Waals surface area contributed by atoms with E-state index in [1.54, 1.807) is 11.3 Å². The van der Waals surface area contributed by atoms with Gasteiger partial charge >= 0.3 is 24.3 Å². The molecule has 1 aliphatic carbocycles. The van der Waals surface area contributed by atoms with Gasteiger partial charge in [-0.15, -0.1) is 11.3 Å². The zero-order valence-corrected chi connectivity index (χ0v) is 18.9. The standard InChI is InChI=1S/C16H20N4S.2C2HF3O2/c1-2-14-11-19(12-15-17-6-9-21-15)7-8-20(10-13-3-4-13)16(14)18-5-1;2*3-2(4,5)1(6)7/h1-2,5-6,9,13H,3-4,7-8,10-12H2;2*(H,6,7). The van der Waals surface area contributed by atoms with Crippen LogP contribution in [-0.2, 0) is 22.7 Å². The molecule has 2 aromatic rings. The van der Waals surface area contributed by atoms with Crippen LogP contribution >= 0.6 is 11.3 Å². The fraction of sp³-hybridized carbons (Fsp3) is 0.500. The van der Waals surface area contributed by atoms with Crippen LogP contribution in [0.25, 0.3) is 0 Å². The van der Waals surface area contributed by atoms with Crippen molar-refractivity contribution in [3.05, 3.63) is 40.5 Å². The van der Waals surface area contributed by atoms with Gasteiger partial charge in [0.15, 0.2) is 0 Å². The number of nitrogens with zero attached hydrogens (tertiary/aromatic N) is 4. The molecule has 2 aromatic heterocycles. The lowest BCUT2D eigenvalue weighted by Gasteiger charge is -2.23. The van der Waals surface area contributed by atoms with Crippen LogP contribution in [0.4, 0.5) is 32.2 Å². The number of carboxylic acid groups (broad SMARTS) is 2. The predicted octanol–water partition coefficient (Wildman–Crippen LogP) is 4.04. The Morgan fingerprint density at radius 3 is 2.09 bits per heavy atom. The van der Waals surface area contributed by atoms with Crippen molar-refractivity contribution in [3.8, 4) is 0 Å². The number of rotatable bonds is 4. The van der Waals surface area contributed by atoms with E-state index in [4.69, 9.17) is 19.8 Å². The molecule has 3 heterocycles. The number of halogens is 6. The number of hydrogen-bond acceptors (Lipinski definition) is 7. The molecule has 0 amide bonds. The Labute approximate surface area is 199 Å². The van der Waals surface area contributed by atoms with Gasteiger partial charge in [0.1, 0.15) is 10.8 Å². The van der Waals surface area contributed by atoms with E-state index < -0.39 is 24.3 Å². The first-order valence-electron chi connectivity index (χ1n) is 10.2. The van der Waals surface area contributed by atoms with E-state index in [0.717, 1.165) is 32.1 Å². The average Bonchev–Trinajstić information content (AvgIpc) is 3.47. The summed E-state index contributed by atoms with van der Waals surface area (Å²) in [5.41, 5.74) is 1.35. The van der Waals surface area contributed by atoms with Crippen LogP contribution in [0.2, 0.25) is 0 Å². The number of thiazole rings is 1. The fourth-order valence-electron chi connectivity index (χ4n) is 2.97. The molecule has 15 heteroatoms. The van der Waals surface area contributed by atoms with Gasteiger partial charge < -0.3 is 15.1 Å². The summed E-state index contributed by atoms with van der Waals surface area (Å²) in [5.74, 6) is -3.42. The average molecular weight is 528 g/mol. The molecule has 1 fully saturated rings. The Morgan fingerprint density at radius 2 is 1.60 bits per heavy atom. The van der Waals surface area contributed by atoms with Gasteiger partial charge in [-0.3, -0.25) is 4.90 Å². The third-order valence-corrected chi connectivity index (χ3v) is 5.51. The largest absolute Gasteiger partial charge is 0.490 e. The summed E-state index contributed by atoms with van der Waals surface area (Å²) in [6, 6.07) is 4.28. The van der Waals surface area contributed by atoms with E-state index in [9.17, 15) is 26.3 Å². The molecule has 35 heavy (non-hydrogen) atoms. The van der Waals surface area contributed by atoms with Crippen LogP contribution in [0.15, 0.2) is 29.9 Å². The quantitative estimate of drug-likeness (QED) is 0.573. The van der Waals surface area contributed by atoms with Gasteiger partial charge in [0.05, 0.1) is 6.54 Å². The van der Waals surface area contributed by atoms with Crippen molar-refractivity contribution in [2.24, 2.45) is 5.92 Å². The Morgan fingerprint density at radius 1 is 1.00 bits per heavy atom. The molecular formula is C20H22F6N4O4S. The Hall–Kier alpha value is -2.94. The lowest BCUT2D eigenvalue weighted by Crippen LogP contribution is -2.32. The van der Waals surface area contributed by atoms with E-state index >= 15 is 0 Å². The molecule has 0 aromatic carbocycles. The SMILES string of the molecule is O=C(O)C(F)(F)F.O=C(O)C(F)(F)F.c1cnc2c(c1)CN(Cc1nccs1)CCN2CC1CC1. The minimum absolute atomic E-state index is 0.894. The molecule has 2 aliphatic rings. The zero-order valence-electron chi connectivity index (χ0n) is 18.1. The van der Waals surface area contributed by atoms with E-state index in [1.165, 1.54) is 35.8 Å². The van der Waals surface area contributed by atoms with Gasteiger partial charge in [-0.05, 0) is 24.8 Å². The van der Waals surface area contributed by atoms with Crippen molar-refractivity contribution in [1.82, 2.24) is 14.9 Å². The second-order valence-corrected chi connectivity index (χ2v) is 8.60. The number of aliphatic carboxylic acids is 2. The van der Waals surface area contributed by atoms with Crippen LogP contribution in [0.1, 0.15) is 23.4 Å². The van der Waals surface area contributed by atoms with E-state index in [0.29, 0.717) is 0 Å². The molecule has 0 spiro atoms. The van der Waals surface area contributed by atoms with Crippen molar-refractivity contribution in [2.75, 3.05) is 24.5 Å². The third-order valence-electron chi connectivity index (χ3n) is 4.75.